The Kier molecular flexibility index (Phi) is 3.37. The van der Waals surface area contributed by atoms with Crippen LogP contribution < -0.4 is 0 Å². The van der Waals surface area contributed by atoms with Crippen molar-refractivity contribution >= 4 is 18.2 Å². The van der Waals surface area contributed by atoms with Crippen LogP contribution in [-0.4, -0.2) is 8.70 Å². The number of rotatable bonds is 0. The van der Waals surface area contributed by atoms with E-state index in [4.69, 9.17) is 9.53 Å². The first-order valence-corrected chi connectivity index (χ1v) is 7.01. The van der Waals surface area contributed by atoms with Crippen molar-refractivity contribution in [2.24, 2.45) is 0 Å². The molecule has 0 N–H and O–H groups in total. The van der Waals surface area contributed by atoms with E-state index in [1.165, 1.54) is 8.70 Å². The number of halogens is 1. The van der Waals surface area contributed by atoms with Crippen LogP contribution in [0, 0.1) is 0 Å². The topological polar surface area (TPSA) is 34.1 Å². The van der Waals surface area contributed by atoms with Crippen LogP contribution in [-0.2, 0) is 24.4 Å². The molecule has 0 saturated carbocycles. The number of carbonyl (C=O) groups excluding carboxylic acids is 2. The summed E-state index contributed by atoms with van der Waals surface area (Å²) in [6.45, 7) is 0. The normalized spacial score (nSPS) is 7.00. The molecule has 0 unspecified atom stereocenters. The van der Waals surface area contributed by atoms with E-state index in [2.05, 4.69) is 0 Å². The first kappa shape index (κ1) is 6.11. The second kappa shape index (κ2) is 3.31. The molecule has 0 saturated heterocycles. The van der Waals surface area contributed by atoms with Gasteiger partial charge < -0.3 is 0 Å². The second-order valence-corrected chi connectivity index (χ2v) is 5.54. The standard InChI is InChI=1S/2CO.ClH.Re/c2*1-2;;/h;;1H;/q;;;+1/p-1. The van der Waals surface area contributed by atoms with E-state index in [0.29, 0.717) is 0 Å². The van der Waals surface area contributed by atoms with Crippen LogP contribution in [0.15, 0.2) is 0 Å². The van der Waals surface area contributed by atoms with Crippen molar-refractivity contribution in [3.63, 3.8) is 0 Å². The molecule has 0 bridgehead atoms. The average Bonchev–Trinajstić information content (AvgIpc) is 1.65. The van der Waals surface area contributed by atoms with Crippen LogP contribution in [0.1, 0.15) is 0 Å². The van der Waals surface area contributed by atoms with Crippen molar-refractivity contribution in [1.82, 2.24) is 0 Å². The molecule has 0 aliphatic rings. The molecular formula is C2ClO2Re. The average molecular weight is 278 g/mol. The Morgan fingerprint density at radius 3 is 1.67 bits per heavy atom. The Bertz CT molecular complexity index is 140. The number of hydrogen-bond acceptors (Lipinski definition) is 2. The predicted molar refractivity (Wildman–Crippen MR) is 17.2 cm³/mol. The van der Waals surface area contributed by atoms with Gasteiger partial charge >= 0.3 is 42.6 Å². The van der Waals surface area contributed by atoms with Crippen molar-refractivity contribution in [2.45, 2.75) is 0 Å². The summed E-state index contributed by atoms with van der Waals surface area (Å²) in [6, 6.07) is 0. The van der Waals surface area contributed by atoms with Crippen LogP contribution in [0.4, 0.5) is 0 Å². The fraction of sp³-hybridized carbons (Fsp3) is 0. The van der Waals surface area contributed by atoms with E-state index in [1.807, 2.05) is 0 Å². The van der Waals surface area contributed by atoms with Gasteiger partial charge in [-0.05, 0) is 0 Å². The van der Waals surface area contributed by atoms with Crippen LogP contribution >= 0.6 is 9.53 Å². The van der Waals surface area contributed by atoms with Gasteiger partial charge in [-0.25, -0.2) is 0 Å². The molecule has 0 heterocycles. The molecule has 0 aromatic carbocycles. The molecule has 0 amide bonds. The molecule has 0 rings (SSSR count). The van der Waals surface area contributed by atoms with Gasteiger partial charge in [0, 0.05) is 0 Å². The number of hydrogen-bond donors (Lipinski definition) is 0. The van der Waals surface area contributed by atoms with Gasteiger partial charge in [0.05, 0.1) is 0 Å². The molecule has 6 heavy (non-hydrogen) atoms. The third kappa shape index (κ3) is 2.36. The van der Waals surface area contributed by atoms with Crippen LogP contribution in [0.25, 0.3) is 0 Å². The Hall–Kier alpha value is 0.112. The van der Waals surface area contributed by atoms with Crippen molar-refractivity contribution in [1.29, 1.82) is 0 Å². The fourth-order valence-corrected chi connectivity index (χ4v) is 0.129. The SMILES string of the molecule is O=[C]=[Re]([Cl])=[C]=O. The van der Waals surface area contributed by atoms with Gasteiger partial charge in [-0.15, -0.1) is 0 Å². The minimum atomic E-state index is -2.66. The first-order valence-electron chi connectivity index (χ1n) is 0.929. The molecule has 0 radical (unpaired) electrons. The molecule has 0 aromatic heterocycles. The summed E-state index contributed by atoms with van der Waals surface area (Å²) in [5.41, 5.74) is 0. The zero-order valence-corrected chi connectivity index (χ0v) is 6.04. The summed E-state index contributed by atoms with van der Waals surface area (Å²) < 4.78 is 2.78. The maximum atomic E-state index is 9.30. The molecule has 2 nitrogen and oxygen atoms in total. The molecule has 0 spiro atoms. The third-order valence-electron chi connectivity index (χ3n) is 0.135. The van der Waals surface area contributed by atoms with E-state index in [1.54, 1.807) is 0 Å². The van der Waals surface area contributed by atoms with Gasteiger partial charge in [0.2, 0.25) is 0 Å². The molecule has 0 atom stereocenters. The van der Waals surface area contributed by atoms with Crippen molar-refractivity contribution < 1.29 is 24.4 Å². The van der Waals surface area contributed by atoms with Crippen LogP contribution in [0.2, 0.25) is 0 Å². The monoisotopic (exact) mass is 278 g/mol. The van der Waals surface area contributed by atoms with Crippen molar-refractivity contribution in [3.05, 3.63) is 0 Å². The minimum absolute atomic E-state index is 1.39. The molecule has 0 aliphatic heterocycles. The second-order valence-electron chi connectivity index (χ2n) is 0.392. The van der Waals surface area contributed by atoms with Gasteiger partial charge in [-0.2, -0.15) is 0 Å². The Morgan fingerprint density at radius 2 is 1.67 bits per heavy atom. The van der Waals surface area contributed by atoms with Gasteiger partial charge in [0.25, 0.3) is 0 Å². The molecule has 0 fully saturated rings. The zero-order valence-electron chi connectivity index (χ0n) is 2.57. The van der Waals surface area contributed by atoms with Gasteiger partial charge in [0.1, 0.15) is 0 Å². The molecule has 0 aromatic rings. The van der Waals surface area contributed by atoms with Gasteiger partial charge in [0.15, 0.2) is 0 Å². The van der Waals surface area contributed by atoms with Gasteiger partial charge in [-0.3, -0.25) is 0 Å². The summed E-state index contributed by atoms with van der Waals surface area (Å²) in [6.07, 6.45) is 0. The van der Waals surface area contributed by atoms with Gasteiger partial charge in [-0.1, -0.05) is 0 Å². The van der Waals surface area contributed by atoms with E-state index >= 15 is 0 Å². The summed E-state index contributed by atoms with van der Waals surface area (Å²) in [5, 5.41) is 0. The van der Waals surface area contributed by atoms with E-state index in [0.717, 1.165) is 0 Å². The summed E-state index contributed by atoms with van der Waals surface area (Å²) in [5.74, 6) is 0. The molecule has 4 heteroatoms. The van der Waals surface area contributed by atoms with E-state index < -0.39 is 14.8 Å². The summed E-state index contributed by atoms with van der Waals surface area (Å²) >= 11 is -2.66. The van der Waals surface area contributed by atoms with Crippen molar-refractivity contribution in [2.75, 3.05) is 0 Å². The van der Waals surface area contributed by atoms with Crippen LogP contribution in [0.5, 0.6) is 0 Å². The quantitative estimate of drug-likeness (QED) is 0.619. The fourth-order valence-electron chi connectivity index (χ4n) is 0.0157. The molecular weight excluding hydrogens is 278 g/mol. The third-order valence-corrected chi connectivity index (χ3v) is 2.06. The Labute approximate surface area is 43.0 Å². The van der Waals surface area contributed by atoms with E-state index in [-0.39, 0.29) is 0 Å². The maximum absolute atomic E-state index is 9.30. The summed E-state index contributed by atoms with van der Waals surface area (Å²) in [7, 11) is 4.99. The molecule has 0 aliphatic carbocycles. The van der Waals surface area contributed by atoms with Crippen molar-refractivity contribution in [3.8, 4) is 0 Å². The Balaban J connectivity index is 4.81. The predicted octanol–water partition coefficient (Wildman–Crippen LogP) is -0.107. The summed E-state index contributed by atoms with van der Waals surface area (Å²) in [4.78, 5) is 18.6. The Morgan fingerprint density at radius 1 is 1.33 bits per heavy atom. The first-order chi connectivity index (χ1) is 2.81. The zero-order chi connectivity index (χ0) is 4.99. The van der Waals surface area contributed by atoms with E-state index in [9.17, 15) is 9.59 Å². The van der Waals surface area contributed by atoms with Crippen LogP contribution in [0.3, 0.4) is 0 Å². The molecule has 34 valence electrons.